The highest BCUT2D eigenvalue weighted by atomic mass is 35.5. The number of hydrogen-bond acceptors (Lipinski definition) is 2. The highest BCUT2D eigenvalue weighted by Gasteiger charge is 2.62. The van der Waals surface area contributed by atoms with Crippen molar-refractivity contribution in [1.82, 2.24) is 9.88 Å². The van der Waals surface area contributed by atoms with Crippen LogP contribution >= 0.6 is 11.6 Å². The molecule has 1 amide bonds. The number of para-hydroxylation sites is 1. The summed E-state index contributed by atoms with van der Waals surface area (Å²) in [5, 5.41) is 1.64. The standard InChI is InChI=1S/C18H19ClN2O2/c19-14-3-1-2-12-6-15(20-16(12)14)17(22)21(13-4-5-23-10-13)18-7-11(8-18)9-18/h1-3,6,11,13,20H,4-5,7-10H2. The lowest BCUT2D eigenvalue weighted by molar-refractivity contribution is -0.138. The molecule has 4 fully saturated rings. The summed E-state index contributed by atoms with van der Waals surface area (Å²) in [5.41, 5.74) is 1.59. The van der Waals surface area contributed by atoms with E-state index < -0.39 is 0 Å². The molecule has 0 spiro atoms. The lowest BCUT2D eigenvalue weighted by Crippen LogP contribution is -2.71. The molecule has 1 atom stereocenters. The number of nitrogens with one attached hydrogen (secondary N) is 1. The monoisotopic (exact) mass is 330 g/mol. The van der Waals surface area contributed by atoms with Crippen LogP contribution in [0.1, 0.15) is 36.2 Å². The Morgan fingerprint density at radius 3 is 2.78 bits per heavy atom. The fraction of sp³-hybridized carbons (Fsp3) is 0.500. The van der Waals surface area contributed by atoms with E-state index >= 15 is 0 Å². The number of benzene rings is 1. The number of carbonyl (C=O) groups is 1. The van der Waals surface area contributed by atoms with Crippen molar-refractivity contribution in [3.63, 3.8) is 0 Å². The maximum atomic E-state index is 13.3. The molecule has 0 radical (unpaired) electrons. The minimum atomic E-state index is 0.0984. The van der Waals surface area contributed by atoms with Gasteiger partial charge in [0.2, 0.25) is 0 Å². The second kappa shape index (κ2) is 4.74. The Morgan fingerprint density at radius 2 is 2.17 bits per heavy atom. The van der Waals surface area contributed by atoms with Crippen LogP contribution in [0.5, 0.6) is 0 Å². The summed E-state index contributed by atoms with van der Waals surface area (Å²) in [5.74, 6) is 0.940. The molecule has 1 aromatic heterocycles. The number of H-pyrrole nitrogens is 1. The van der Waals surface area contributed by atoms with Crippen molar-refractivity contribution in [3.05, 3.63) is 35.0 Å². The molecule has 3 saturated carbocycles. The van der Waals surface area contributed by atoms with E-state index in [2.05, 4.69) is 9.88 Å². The largest absolute Gasteiger partial charge is 0.379 e. The van der Waals surface area contributed by atoms with E-state index in [0.717, 1.165) is 49.1 Å². The first-order valence-corrected chi connectivity index (χ1v) is 8.73. The second-order valence-electron chi connectivity index (χ2n) is 7.28. The van der Waals surface area contributed by atoms with Crippen LogP contribution in [-0.2, 0) is 4.74 Å². The van der Waals surface area contributed by atoms with Crippen LogP contribution in [0.25, 0.3) is 10.9 Å². The van der Waals surface area contributed by atoms with Crippen LogP contribution in [0.15, 0.2) is 24.3 Å². The van der Waals surface area contributed by atoms with E-state index in [0.29, 0.717) is 17.3 Å². The summed E-state index contributed by atoms with van der Waals surface area (Å²) in [6, 6.07) is 7.89. The summed E-state index contributed by atoms with van der Waals surface area (Å²) in [6.07, 6.45) is 4.43. The molecule has 1 aromatic carbocycles. The first-order valence-electron chi connectivity index (χ1n) is 8.35. The molecule has 1 aliphatic heterocycles. The summed E-state index contributed by atoms with van der Waals surface area (Å²) in [4.78, 5) is 18.7. The summed E-state index contributed by atoms with van der Waals surface area (Å²) < 4.78 is 5.56. The smallest absolute Gasteiger partial charge is 0.271 e. The number of ether oxygens (including phenoxy) is 1. The van der Waals surface area contributed by atoms with Crippen LogP contribution in [0.4, 0.5) is 0 Å². The molecule has 4 nitrogen and oxygen atoms in total. The van der Waals surface area contributed by atoms with Crippen LogP contribution in [0.2, 0.25) is 5.02 Å². The minimum absolute atomic E-state index is 0.0984. The quantitative estimate of drug-likeness (QED) is 0.934. The average Bonchev–Trinajstić information content (AvgIpc) is 3.09. The Bertz CT molecular complexity index is 776. The zero-order valence-electron chi connectivity index (χ0n) is 12.8. The van der Waals surface area contributed by atoms with Crippen molar-refractivity contribution in [1.29, 1.82) is 0 Å². The molecule has 2 bridgehead atoms. The lowest BCUT2D eigenvalue weighted by atomic mass is 9.48. The Balaban J connectivity index is 1.53. The van der Waals surface area contributed by atoms with Gasteiger partial charge in [0.05, 0.1) is 23.2 Å². The van der Waals surface area contributed by atoms with Gasteiger partial charge < -0.3 is 14.6 Å². The maximum absolute atomic E-state index is 13.3. The van der Waals surface area contributed by atoms with Gasteiger partial charge in [-0.25, -0.2) is 0 Å². The lowest BCUT2D eigenvalue weighted by Gasteiger charge is -2.67. The Morgan fingerprint density at radius 1 is 1.35 bits per heavy atom. The number of nitrogens with zero attached hydrogens (tertiary/aromatic N) is 1. The highest BCUT2D eigenvalue weighted by Crippen LogP contribution is 2.61. The van der Waals surface area contributed by atoms with Crippen molar-refractivity contribution in [3.8, 4) is 0 Å². The summed E-state index contributed by atoms with van der Waals surface area (Å²) >= 11 is 6.24. The summed E-state index contributed by atoms with van der Waals surface area (Å²) in [6.45, 7) is 1.42. The van der Waals surface area contributed by atoms with Gasteiger partial charge >= 0.3 is 0 Å². The number of rotatable bonds is 3. The molecular formula is C18H19ClN2O2. The fourth-order valence-electron chi connectivity index (χ4n) is 4.59. The van der Waals surface area contributed by atoms with Gasteiger partial charge in [0, 0.05) is 17.5 Å². The number of amides is 1. The molecule has 6 rings (SSSR count). The predicted octanol–water partition coefficient (Wildman–Crippen LogP) is 3.60. The first-order chi connectivity index (χ1) is 11.2. The van der Waals surface area contributed by atoms with Crippen LogP contribution < -0.4 is 0 Å². The maximum Gasteiger partial charge on any atom is 0.271 e. The fourth-order valence-corrected chi connectivity index (χ4v) is 4.82. The van der Waals surface area contributed by atoms with E-state index in [4.69, 9.17) is 16.3 Å². The zero-order chi connectivity index (χ0) is 15.6. The van der Waals surface area contributed by atoms with E-state index in [-0.39, 0.29) is 17.5 Å². The number of aromatic nitrogens is 1. The third-order valence-electron chi connectivity index (χ3n) is 5.84. The average molecular weight is 331 g/mol. The highest BCUT2D eigenvalue weighted by molar-refractivity contribution is 6.35. The molecule has 120 valence electrons. The van der Waals surface area contributed by atoms with Gasteiger partial charge in [-0.2, -0.15) is 0 Å². The molecule has 4 aliphatic rings. The molecule has 5 heteroatoms. The van der Waals surface area contributed by atoms with Crippen molar-refractivity contribution < 1.29 is 9.53 Å². The van der Waals surface area contributed by atoms with Gasteiger partial charge in [-0.1, -0.05) is 23.7 Å². The normalized spacial score (nSPS) is 31.7. The van der Waals surface area contributed by atoms with Crippen LogP contribution in [0.3, 0.4) is 0 Å². The molecule has 1 saturated heterocycles. The Kier molecular flexibility index (Phi) is 2.86. The second-order valence-corrected chi connectivity index (χ2v) is 7.69. The SMILES string of the molecule is O=C(c1cc2cccc(Cl)c2[nH]1)N(C1CCOC1)C12CC(C1)C2. The molecule has 3 aliphatic carbocycles. The topological polar surface area (TPSA) is 45.3 Å². The van der Waals surface area contributed by atoms with Gasteiger partial charge in [0.1, 0.15) is 5.69 Å². The third kappa shape index (κ3) is 1.91. The van der Waals surface area contributed by atoms with Gasteiger partial charge in [-0.05, 0) is 43.7 Å². The number of aromatic amines is 1. The zero-order valence-corrected chi connectivity index (χ0v) is 13.6. The number of halogens is 1. The van der Waals surface area contributed by atoms with E-state index in [9.17, 15) is 4.79 Å². The molecule has 2 heterocycles. The summed E-state index contributed by atoms with van der Waals surface area (Å²) in [7, 11) is 0. The van der Waals surface area contributed by atoms with Gasteiger partial charge in [-0.3, -0.25) is 4.79 Å². The number of carbonyl (C=O) groups excluding carboxylic acids is 1. The van der Waals surface area contributed by atoms with E-state index in [1.165, 1.54) is 0 Å². The molecule has 1 N–H and O–H groups in total. The van der Waals surface area contributed by atoms with Crippen molar-refractivity contribution >= 4 is 28.4 Å². The van der Waals surface area contributed by atoms with E-state index in [1.54, 1.807) is 0 Å². The van der Waals surface area contributed by atoms with Gasteiger partial charge in [0.25, 0.3) is 5.91 Å². The third-order valence-corrected chi connectivity index (χ3v) is 6.16. The van der Waals surface area contributed by atoms with Crippen molar-refractivity contribution in [2.75, 3.05) is 13.2 Å². The predicted molar refractivity (Wildman–Crippen MR) is 88.8 cm³/mol. The van der Waals surface area contributed by atoms with Gasteiger partial charge in [-0.15, -0.1) is 0 Å². The minimum Gasteiger partial charge on any atom is -0.379 e. The Hall–Kier alpha value is -1.52. The van der Waals surface area contributed by atoms with Crippen molar-refractivity contribution in [2.45, 2.75) is 37.3 Å². The molecule has 2 aromatic rings. The van der Waals surface area contributed by atoms with Crippen LogP contribution in [0, 0.1) is 5.92 Å². The molecule has 23 heavy (non-hydrogen) atoms. The Labute approximate surface area is 139 Å². The first kappa shape index (κ1) is 13.9. The van der Waals surface area contributed by atoms with Crippen molar-refractivity contribution in [2.24, 2.45) is 5.92 Å². The number of fused-ring (bicyclic) bond motifs is 1. The number of hydrogen-bond donors (Lipinski definition) is 1. The van der Waals surface area contributed by atoms with Crippen LogP contribution in [-0.4, -0.2) is 40.6 Å². The van der Waals surface area contributed by atoms with Gasteiger partial charge in [0.15, 0.2) is 0 Å². The van der Waals surface area contributed by atoms with E-state index in [1.807, 2.05) is 24.3 Å². The molecular weight excluding hydrogens is 312 g/mol. The molecule has 1 unspecified atom stereocenters.